The van der Waals surface area contributed by atoms with Crippen LogP contribution >= 0.6 is 7.60 Å². The highest BCUT2D eigenvalue weighted by atomic mass is 31.2. The Morgan fingerprint density at radius 2 is 1.31 bits per heavy atom. The standard InChI is InChI=1S/C19H28NO5P/c1-18(2,3)24-26(23,25-19(4,5)6)13-9-12-20-16(21)14-10-7-8-11-15(14)17(20)22/h7-8,10-11H,9,12-13H2,1-6H3. The summed E-state index contributed by atoms with van der Waals surface area (Å²) in [6.07, 6.45) is 0.476. The second-order valence-corrected chi connectivity index (χ2v) is 10.4. The second-order valence-electron chi connectivity index (χ2n) is 8.40. The molecule has 2 amide bonds. The van der Waals surface area contributed by atoms with Crippen LogP contribution in [0.2, 0.25) is 0 Å². The highest BCUT2D eigenvalue weighted by Gasteiger charge is 2.37. The minimum atomic E-state index is -3.38. The molecule has 7 heteroatoms. The average molecular weight is 381 g/mol. The number of carbonyl (C=O) groups is 2. The van der Waals surface area contributed by atoms with Crippen LogP contribution in [0.15, 0.2) is 24.3 Å². The second kappa shape index (κ2) is 7.26. The van der Waals surface area contributed by atoms with E-state index in [0.29, 0.717) is 17.5 Å². The van der Waals surface area contributed by atoms with Gasteiger partial charge in [0.25, 0.3) is 11.8 Å². The number of rotatable bonds is 6. The average Bonchev–Trinajstić information content (AvgIpc) is 2.68. The molecule has 0 aromatic heterocycles. The molecule has 1 aromatic carbocycles. The molecule has 26 heavy (non-hydrogen) atoms. The maximum absolute atomic E-state index is 13.2. The van der Waals surface area contributed by atoms with Crippen molar-refractivity contribution in [3.8, 4) is 0 Å². The molecule has 0 radical (unpaired) electrons. The minimum Gasteiger partial charge on any atom is -0.303 e. The zero-order valence-corrected chi connectivity index (χ0v) is 17.3. The summed E-state index contributed by atoms with van der Waals surface area (Å²) >= 11 is 0. The molecule has 1 aliphatic heterocycles. The van der Waals surface area contributed by atoms with Crippen LogP contribution in [0.25, 0.3) is 0 Å². The van der Waals surface area contributed by atoms with Gasteiger partial charge in [0.15, 0.2) is 0 Å². The summed E-state index contributed by atoms with van der Waals surface area (Å²) in [5.41, 5.74) is -0.429. The molecule has 0 aliphatic carbocycles. The first-order valence-corrected chi connectivity index (χ1v) is 10.5. The van der Waals surface area contributed by atoms with Gasteiger partial charge in [-0.05, 0) is 60.1 Å². The number of nitrogens with zero attached hydrogens (tertiary/aromatic N) is 1. The van der Waals surface area contributed by atoms with Crippen LogP contribution in [0.4, 0.5) is 0 Å². The quantitative estimate of drug-likeness (QED) is 0.536. The number of fused-ring (bicyclic) bond motifs is 1. The Bertz CT molecular complexity index is 690. The number of carbonyl (C=O) groups excluding carboxylic acids is 2. The van der Waals surface area contributed by atoms with E-state index in [2.05, 4.69) is 0 Å². The molecular formula is C19H28NO5P. The summed E-state index contributed by atoms with van der Waals surface area (Å²) < 4.78 is 24.6. The Balaban J connectivity index is 2.05. The SMILES string of the molecule is CC(C)(C)OP(=O)(CCCN1C(=O)c2ccccc2C1=O)OC(C)(C)C. The van der Waals surface area contributed by atoms with Gasteiger partial charge in [-0.1, -0.05) is 12.1 Å². The van der Waals surface area contributed by atoms with Gasteiger partial charge in [-0.2, -0.15) is 0 Å². The Kier molecular flexibility index (Phi) is 5.81. The van der Waals surface area contributed by atoms with Crippen molar-refractivity contribution in [3.05, 3.63) is 35.4 Å². The molecule has 144 valence electrons. The van der Waals surface area contributed by atoms with Crippen molar-refractivity contribution in [2.75, 3.05) is 12.7 Å². The van der Waals surface area contributed by atoms with E-state index in [1.807, 2.05) is 41.5 Å². The van der Waals surface area contributed by atoms with Crippen molar-refractivity contribution in [1.82, 2.24) is 4.90 Å². The Morgan fingerprint density at radius 1 is 0.885 bits per heavy atom. The lowest BCUT2D eigenvalue weighted by Crippen LogP contribution is -2.32. The summed E-state index contributed by atoms with van der Waals surface area (Å²) in [5, 5.41) is 0. The lowest BCUT2D eigenvalue weighted by molar-refractivity contribution is 0.0478. The Hall–Kier alpha value is -1.49. The van der Waals surface area contributed by atoms with E-state index in [-0.39, 0.29) is 24.5 Å². The summed E-state index contributed by atoms with van der Waals surface area (Å²) in [7, 11) is -3.38. The highest BCUT2D eigenvalue weighted by Crippen LogP contribution is 2.54. The zero-order valence-electron chi connectivity index (χ0n) is 16.4. The molecule has 0 saturated carbocycles. The molecule has 0 fully saturated rings. The molecule has 1 aliphatic rings. The molecule has 0 spiro atoms. The summed E-state index contributed by atoms with van der Waals surface area (Å²) in [6.45, 7) is 11.1. The van der Waals surface area contributed by atoms with Crippen molar-refractivity contribution >= 4 is 19.4 Å². The van der Waals surface area contributed by atoms with E-state index in [1.165, 1.54) is 4.90 Å². The lowest BCUT2D eigenvalue weighted by Gasteiger charge is -2.32. The van der Waals surface area contributed by atoms with Gasteiger partial charge in [-0.15, -0.1) is 0 Å². The van der Waals surface area contributed by atoms with Crippen LogP contribution in [0, 0.1) is 0 Å². The largest absolute Gasteiger partial charge is 0.331 e. The molecule has 6 nitrogen and oxygen atoms in total. The number of hydrogen-bond donors (Lipinski definition) is 0. The number of amides is 2. The fraction of sp³-hybridized carbons (Fsp3) is 0.579. The number of benzene rings is 1. The molecule has 0 N–H and O–H groups in total. The van der Waals surface area contributed by atoms with Crippen LogP contribution < -0.4 is 0 Å². The zero-order chi connectivity index (χ0) is 19.8. The van der Waals surface area contributed by atoms with E-state index in [1.54, 1.807) is 24.3 Å². The maximum atomic E-state index is 13.2. The third-order valence-electron chi connectivity index (χ3n) is 3.52. The number of imide groups is 1. The van der Waals surface area contributed by atoms with Crippen molar-refractivity contribution in [2.45, 2.75) is 59.2 Å². The fourth-order valence-electron chi connectivity index (χ4n) is 2.81. The van der Waals surface area contributed by atoms with E-state index in [0.717, 1.165) is 0 Å². The molecular weight excluding hydrogens is 353 g/mol. The molecule has 0 saturated heterocycles. The van der Waals surface area contributed by atoms with Gasteiger partial charge in [0.2, 0.25) is 0 Å². The molecule has 0 unspecified atom stereocenters. The number of hydrogen-bond acceptors (Lipinski definition) is 5. The summed E-state index contributed by atoms with van der Waals surface area (Å²) in [4.78, 5) is 26.0. The normalized spacial score (nSPS) is 15.5. The third-order valence-corrected chi connectivity index (χ3v) is 6.03. The highest BCUT2D eigenvalue weighted by molar-refractivity contribution is 7.53. The third kappa shape index (κ3) is 5.26. The Morgan fingerprint density at radius 3 is 1.69 bits per heavy atom. The van der Waals surface area contributed by atoms with Crippen LogP contribution in [0.1, 0.15) is 68.7 Å². The first-order valence-electron chi connectivity index (χ1n) is 8.77. The smallest absolute Gasteiger partial charge is 0.303 e. The summed E-state index contributed by atoms with van der Waals surface area (Å²) in [6, 6.07) is 6.75. The van der Waals surface area contributed by atoms with Crippen molar-refractivity contribution in [2.24, 2.45) is 0 Å². The van der Waals surface area contributed by atoms with Crippen LogP contribution in [-0.2, 0) is 13.6 Å². The minimum absolute atomic E-state index is 0.134. The first kappa shape index (κ1) is 20.8. The van der Waals surface area contributed by atoms with Gasteiger partial charge < -0.3 is 9.05 Å². The topological polar surface area (TPSA) is 72.9 Å². The monoisotopic (exact) mass is 381 g/mol. The fourth-order valence-corrected chi connectivity index (χ4v) is 5.23. The predicted molar refractivity (Wildman–Crippen MR) is 101 cm³/mol. The predicted octanol–water partition coefficient (Wildman–Crippen LogP) is 4.50. The molecule has 0 atom stereocenters. The van der Waals surface area contributed by atoms with E-state index in [9.17, 15) is 14.2 Å². The molecule has 0 bridgehead atoms. The van der Waals surface area contributed by atoms with Gasteiger partial charge in [0.05, 0.1) is 28.5 Å². The van der Waals surface area contributed by atoms with Gasteiger partial charge >= 0.3 is 7.60 Å². The molecule has 1 heterocycles. The van der Waals surface area contributed by atoms with Gasteiger partial charge in [-0.3, -0.25) is 19.1 Å². The molecule has 1 aromatic rings. The van der Waals surface area contributed by atoms with Gasteiger partial charge in [0, 0.05) is 6.54 Å². The van der Waals surface area contributed by atoms with E-state index in [4.69, 9.17) is 9.05 Å². The van der Waals surface area contributed by atoms with E-state index < -0.39 is 18.8 Å². The first-order chi connectivity index (χ1) is 11.8. The van der Waals surface area contributed by atoms with Crippen LogP contribution in [0.5, 0.6) is 0 Å². The van der Waals surface area contributed by atoms with Crippen LogP contribution in [0.3, 0.4) is 0 Å². The van der Waals surface area contributed by atoms with Gasteiger partial charge in [-0.25, -0.2) is 0 Å². The van der Waals surface area contributed by atoms with Crippen LogP contribution in [-0.4, -0.2) is 40.6 Å². The maximum Gasteiger partial charge on any atom is 0.331 e. The van der Waals surface area contributed by atoms with E-state index >= 15 is 0 Å². The van der Waals surface area contributed by atoms with Crippen molar-refractivity contribution < 1.29 is 23.2 Å². The summed E-state index contributed by atoms with van der Waals surface area (Å²) in [5.74, 6) is -0.622. The van der Waals surface area contributed by atoms with Crippen molar-refractivity contribution in [3.63, 3.8) is 0 Å². The van der Waals surface area contributed by atoms with Gasteiger partial charge in [0.1, 0.15) is 0 Å². The lowest BCUT2D eigenvalue weighted by atomic mass is 10.1. The Labute approximate surface area is 155 Å². The molecule has 2 rings (SSSR count). The van der Waals surface area contributed by atoms with Crippen molar-refractivity contribution in [1.29, 1.82) is 0 Å².